The molecule has 94 valence electrons. The van der Waals surface area contributed by atoms with Gasteiger partial charge in [0.1, 0.15) is 5.75 Å². The highest BCUT2D eigenvalue weighted by Crippen LogP contribution is 2.21. The van der Waals surface area contributed by atoms with Crippen molar-refractivity contribution in [3.63, 3.8) is 0 Å². The van der Waals surface area contributed by atoms with Crippen LogP contribution in [0.1, 0.15) is 12.5 Å². The first kappa shape index (κ1) is 12.4. The molecule has 0 aliphatic heterocycles. The second kappa shape index (κ2) is 5.54. The smallest absolute Gasteiger partial charge is 0.344 e. The van der Waals surface area contributed by atoms with Crippen LogP contribution in [0.15, 0.2) is 36.4 Å². The number of aryl methyl sites for hydroxylation is 1. The van der Waals surface area contributed by atoms with Crippen LogP contribution in [0, 0.1) is 6.92 Å². The van der Waals surface area contributed by atoms with E-state index >= 15 is 0 Å². The molecule has 0 aromatic heterocycles. The van der Waals surface area contributed by atoms with Crippen LogP contribution in [0.25, 0.3) is 10.8 Å². The van der Waals surface area contributed by atoms with Crippen molar-refractivity contribution in [3.05, 3.63) is 42.0 Å². The number of carbonyl (C=O) groups is 1. The summed E-state index contributed by atoms with van der Waals surface area (Å²) in [6, 6.07) is 12.0. The average Bonchev–Trinajstić information content (AvgIpc) is 2.36. The Morgan fingerprint density at radius 3 is 2.61 bits per heavy atom. The lowest BCUT2D eigenvalue weighted by Crippen LogP contribution is -2.14. The molecule has 0 unspecified atom stereocenters. The molecular weight excluding hydrogens is 228 g/mol. The summed E-state index contributed by atoms with van der Waals surface area (Å²) >= 11 is 0. The zero-order chi connectivity index (χ0) is 13.0. The Labute approximate surface area is 106 Å². The SMILES string of the molecule is CCOC(=O)COc1ccc2cc(C)ccc2c1. The van der Waals surface area contributed by atoms with Crippen LogP contribution in [0.3, 0.4) is 0 Å². The molecule has 0 bridgehead atoms. The molecule has 0 radical (unpaired) electrons. The third kappa shape index (κ3) is 3.00. The van der Waals surface area contributed by atoms with Crippen LogP contribution in [-0.4, -0.2) is 19.2 Å². The van der Waals surface area contributed by atoms with Crippen LogP contribution in [-0.2, 0) is 9.53 Å². The zero-order valence-corrected chi connectivity index (χ0v) is 10.6. The first-order valence-electron chi connectivity index (χ1n) is 5.98. The number of hydrogen-bond donors (Lipinski definition) is 0. The highest BCUT2D eigenvalue weighted by atomic mass is 16.6. The lowest BCUT2D eigenvalue weighted by atomic mass is 10.1. The van der Waals surface area contributed by atoms with E-state index in [4.69, 9.17) is 9.47 Å². The van der Waals surface area contributed by atoms with Gasteiger partial charge >= 0.3 is 5.97 Å². The van der Waals surface area contributed by atoms with E-state index in [1.807, 2.05) is 24.3 Å². The maximum atomic E-state index is 11.2. The van der Waals surface area contributed by atoms with Crippen molar-refractivity contribution in [1.29, 1.82) is 0 Å². The summed E-state index contributed by atoms with van der Waals surface area (Å²) in [5.41, 5.74) is 1.22. The minimum Gasteiger partial charge on any atom is -0.482 e. The molecule has 0 saturated carbocycles. The van der Waals surface area contributed by atoms with E-state index in [1.165, 1.54) is 10.9 Å². The van der Waals surface area contributed by atoms with Crippen LogP contribution >= 0.6 is 0 Å². The van der Waals surface area contributed by atoms with Crippen LogP contribution in [0.4, 0.5) is 0 Å². The number of hydrogen-bond acceptors (Lipinski definition) is 3. The third-order valence-corrected chi connectivity index (χ3v) is 2.63. The van der Waals surface area contributed by atoms with E-state index in [0.717, 1.165) is 5.39 Å². The summed E-state index contributed by atoms with van der Waals surface area (Å²) in [6.07, 6.45) is 0. The van der Waals surface area contributed by atoms with E-state index in [1.54, 1.807) is 6.92 Å². The van der Waals surface area contributed by atoms with Gasteiger partial charge < -0.3 is 9.47 Å². The molecule has 0 heterocycles. The molecule has 0 fully saturated rings. The minimum atomic E-state index is -0.346. The number of rotatable bonds is 4. The molecule has 2 aromatic carbocycles. The Kier molecular flexibility index (Phi) is 3.82. The van der Waals surface area contributed by atoms with Gasteiger partial charge in [-0.1, -0.05) is 29.8 Å². The lowest BCUT2D eigenvalue weighted by Gasteiger charge is -2.07. The van der Waals surface area contributed by atoms with Gasteiger partial charge in [0.2, 0.25) is 0 Å². The summed E-state index contributed by atoms with van der Waals surface area (Å²) in [5, 5.41) is 2.26. The Balaban J connectivity index is 2.10. The number of fused-ring (bicyclic) bond motifs is 1. The Bertz CT molecular complexity index is 561. The molecule has 0 spiro atoms. The van der Waals surface area contributed by atoms with Gasteiger partial charge in [0.25, 0.3) is 0 Å². The summed E-state index contributed by atoms with van der Waals surface area (Å²) in [4.78, 5) is 11.2. The largest absolute Gasteiger partial charge is 0.482 e. The van der Waals surface area contributed by atoms with Crippen molar-refractivity contribution in [1.82, 2.24) is 0 Å². The zero-order valence-electron chi connectivity index (χ0n) is 10.6. The molecule has 3 heteroatoms. The standard InChI is InChI=1S/C15H16O3/c1-3-17-15(16)10-18-14-7-6-12-8-11(2)4-5-13(12)9-14/h4-9H,3,10H2,1-2H3. The molecule has 18 heavy (non-hydrogen) atoms. The van der Waals surface area contributed by atoms with E-state index in [9.17, 15) is 4.79 Å². The second-order valence-corrected chi connectivity index (χ2v) is 4.11. The third-order valence-electron chi connectivity index (χ3n) is 2.63. The monoisotopic (exact) mass is 244 g/mol. The minimum absolute atomic E-state index is 0.0504. The fourth-order valence-electron chi connectivity index (χ4n) is 1.78. The molecule has 2 aromatic rings. The normalized spacial score (nSPS) is 10.3. The first-order chi connectivity index (χ1) is 8.69. The van der Waals surface area contributed by atoms with Crippen molar-refractivity contribution in [3.8, 4) is 5.75 Å². The molecule has 0 atom stereocenters. The van der Waals surface area contributed by atoms with E-state index in [0.29, 0.717) is 12.4 Å². The van der Waals surface area contributed by atoms with Crippen molar-refractivity contribution >= 4 is 16.7 Å². The summed E-state index contributed by atoms with van der Waals surface area (Å²) in [6.45, 7) is 4.16. The number of benzene rings is 2. The first-order valence-corrected chi connectivity index (χ1v) is 5.98. The maximum Gasteiger partial charge on any atom is 0.344 e. The predicted molar refractivity (Wildman–Crippen MR) is 70.8 cm³/mol. The topological polar surface area (TPSA) is 35.5 Å². The Morgan fingerprint density at radius 1 is 1.11 bits per heavy atom. The number of esters is 1. The molecule has 3 nitrogen and oxygen atoms in total. The fourth-order valence-corrected chi connectivity index (χ4v) is 1.78. The molecule has 0 saturated heterocycles. The van der Waals surface area contributed by atoms with Gasteiger partial charge in [-0.3, -0.25) is 0 Å². The summed E-state index contributed by atoms with van der Waals surface area (Å²) in [7, 11) is 0. The average molecular weight is 244 g/mol. The number of ether oxygens (including phenoxy) is 2. The molecule has 2 rings (SSSR count). The molecule has 0 amide bonds. The van der Waals surface area contributed by atoms with Crippen LogP contribution in [0.5, 0.6) is 5.75 Å². The predicted octanol–water partition coefficient (Wildman–Crippen LogP) is 3.09. The van der Waals surface area contributed by atoms with Gasteiger partial charge in [-0.2, -0.15) is 0 Å². The second-order valence-electron chi connectivity index (χ2n) is 4.11. The molecule has 0 aliphatic rings. The van der Waals surface area contributed by atoms with Gasteiger partial charge in [0, 0.05) is 0 Å². The Morgan fingerprint density at radius 2 is 1.83 bits per heavy atom. The van der Waals surface area contributed by atoms with Crippen molar-refractivity contribution in [2.45, 2.75) is 13.8 Å². The fraction of sp³-hybridized carbons (Fsp3) is 0.267. The molecule has 0 aliphatic carbocycles. The van der Waals surface area contributed by atoms with E-state index in [2.05, 4.69) is 19.1 Å². The lowest BCUT2D eigenvalue weighted by molar-refractivity contribution is -0.145. The van der Waals surface area contributed by atoms with Crippen molar-refractivity contribution in [2.24, 2.45) is 0 Å². The highest BCUT2D eigenvalue weighted by molar-refractivity contribution is 5.84. The maximum absolute atomic E-state index is 11.2. The highest BCUT2D eigenvalue weighted by Gasteiger charge is 2.03. The van der Waals surface area contributed by atoms with E-state index < -0.39 is 0 Å². The number of carbonyl (C=O) groups excluding carboxylic acids is 1. The van der Waals surface area contributed by atoms with Gasteiger partial charge in [0.05, 0.1) is 6.61 Å². The summed E-state index contributed by atoms with van der Waals surface area (Å²) in [5.74, 6) is 0.334. The quantitative estimate of drug-likeness (QED) is 0.775. The van der Waals surface area contributed by atoms with Crippen LogP contribution in [0.2, 0.25) is 0 Å². The van der Waals surface area contributed by atoms with Gasteiger partial charge in [-0.05, 0) is 36.8 Å². The molecular formula is C15H16O3. The van der Waals surface area contributed by atoms with Gasteiger partial charge in [0.15, 0.2) is 6.61 Å². The van der Waals surface area contributed by atoms with Crippen molar-refractivity contribution in [2.75, 3.05) is 13.2 Å². The van der Waals surface area contributed by atoms with E-state index in [-0.39, 0.29) is 12.6 Å². The Hall–Kier alpha value is -2.03. The van der Waals surface area contributed by atoms with Crippen molar-refractivity contribution < 1.29 is 14.3 Å². The van der Waals surface area contributed by atoms with Gasteiger partial charge in [-0.25, -0.2) is 4.79 Å². The van der Waals surface area contributed by atoms with Crippen LogP contribution < -0.4 is 4.74 Å². The molecule has 0 N–H and O–H groups in total. The van der Waals surface area contributed by atoms with Gasteiger partial charge in [-0.15, -0.1) is 0 Å². The summed E-state index contributed by atoms with van der Waals surface area (Å²) < 4.78 is 10.2.